The lowest BCUT2D eigenvalue weighted by Crippen LogP contribution is -2.24. The average Bonchev–Trinajstić information content (AvgIpc) is 2.14. The Morgan fingerprint density at radius 2 is 1.86 bits per heavy atom. The maximum absolute atomic E-state index is 10.9. The van der Waals surface area contributed by atoms with Gasteiger partial charge in [0.1, 0.15) is 0 Å². The van der Waals surface area contributed by atoms with Crippen molar-refractivity contribution in [1.82, 2.24) is 5.32 Å². The number of hydrogen-bond acceptors (Lipinski definition) is 2. The Balaban J connectivity index is 2.95. The van der Waals surface area contributed by atoms with Crippen molar-refractivity contribution >= 4 is 34.9 Å². The first-order chi connectivity index (χ1) is 6.54. The molecule has 0 atom stereocenters. The molecule has 0 aliphatic heterocycles. The first-order valence-electron chi connectivity index (χ1n) is 3.71. The van der Waals surface area contributed by atoms with Crippen LogP contribution in [0.5, 0.6) is 5.75 Å². The monoisotopic (exact) mass is 234 g/mol. The van der Waals surface area contributed by atoms with Crippen molar-refractivity contribution < 1.29 is 9.90 Å². The molecule has 1 aromatic rings. The van der Waals surface area contributed by atoms with Crippen LogP contribution in [-0.2, 0) is 0 Å². The van der Waals surface area contributed by atoms with Gasteiger partial charge < -0.3 is 15.7 Å². The lowest BCUT2D eigenvalue weighted by Gasteiger charge is -2.06. The topological polar surface area (TPSA) is 61.4 Å². The van der Waals surface area contributed by atoms with E-state index in [2.05, 4.69) is 10.6 Å². The van der Waals surface area contributed by atoms with Gasteiger partial charge in [0.25, 0.3) is 0 Å². The molecule has 0 aromatic heterocycles. The molecule has 0 bridgehead atoms. The second-order valence-corrected chi connectivity index (χ2v) is 3.31. The van der Waals surface area contributed by atoms with Crippen molar-refractivity contribution in [2.45, 2.75) is 0 Å². The Morgan fingerprint density at radius 3 is 2.29 bits per heavy atom. The standard InChI is InChI=1S/C8H8Cl2N2O2/c1-11-8(14)12-4-2-5(9)7(13)6(10)3-4/h2-3,13H,1H3,(H2,11,12,14). The van der Waals surface area contributed by atoms with Crippen LogP contribution in [0.2, 0.25) is 10.0 Å². The highest BCUT2D eigenvalue weighted by Gasteiger charge is 2.07. The first kappa shape index (κ1) is 10.9. The molecule has 1 aromatic carbocycles. The summed E-state index contributed by atoms with van der Waals surface area (Å²) in [5.41, 5.74) is 0.414. The number of aromatic hydroxyl groups is 1. The summed E-state index contributed by atoms with van der Waals surface area (Å²) in [4.78, 5) is 10.9. The molecule has 76 valence electrons. The van der Waals surface area contributed by atoms with Crippen molar-refractivity contribution in [2.24, 2.45) is 0 Å². The van der Waals surface area contributed by atoms with E-state index in [1.807, 2.05) is 0 Å². The molecule has 0 aliphatic carbocycles. The van der Waals surface area contributed by atoms with Gasteiger partial charge in [0.2, 0.25) is 0 Å². The van der Waals surface area contributed by atoms with Gasteiger partial charge in [-0.1, -0.05) is 23.2 Å². The van der Waals surface area contributed by atoms with E-state index in [9.17, 15) is 9.90 Å². The smallest absolute Gasteiger partial charge is 0.318 e. The van der Waals surface area contributed by atoms with E-state index in [1.54, 1.807) is 0 Å². The number of anilines is 1. The molecule has 0 heterocycles. The van der Waals surface area contributed by atoms with Crippen LogP contribution < -0.4 is 10.6 Å². The highest BCUT2D eigenvalue weighted by Crippen LogP contribution is 2.34. The minimum atomic E-state index is -0.386. The SMILES string of the molecule is CNC(=O)Nc1cc(Cl)c(O)c(Cl)c1. The van der Waals surface area contributed by atoms with E-state index in [4.69, 9.17) is 23.2 Å². The number of nitrogens with one attached hydrogen (secondary N) is 2. The summed E-state index contributed by atoms with van der Waals surface area (Å²) < 4.78 is 0. The van der Waals surface area contributed by atoms with E-state index >= 15 is 0 Å². The third-order valence-corrected chi connectivity index (χ3v) is 2.08. The molecular formula is C8H8Cl2N2O2. The first-order valence-corrected chi connectivity index (χ1v) is 4.47. The number of hydrogen-bond donors (Lipinski definition) is 3. The van der Waals surface area contributed by atoms with Gasteiger partial charge in [-0.15, -0.1) is 0 Å². The van der Waals surface area contributed by atoms with Gasteiger partial charge in [-0.25, -0.2) is 4.79 Å². The largest absolute Gasteiger partial charge is 0.505 e. The van der Waals surface area contributed by atoms with Gasteiger partial charge in [0.15, 0.2) is 5.75 Å². The van der Waals surface area contributed by atoms with Crippen LogP contribution >= 0.6 is 23.2 Å². The zero-order valence-electron chi connectivity index (χ0n) is 7.27. The number of phenols is 1. The molecule has 0 unspecified atom stereocenters. The van der Waals surface area contributed by atoms with Crippen molar-refractivity contribution in [2.75, 3.05) is 12.4 Å². The summed E-state index contributed by atoms with van der Waals surface area (Å²) in [5, 5.41) is 14.2. The van der Waals surface area contributed by atoms with Gasteiger partial charge in [-0.2, -0.15) is 0 Å². The van der Waals surface area contributed by atoms with E-state index < -0.39 is 0 Å². The van der Waals surface area contributed by atoms with Crippen LogP contribution in [0.1, 0.15) is 0 Å². The normalized spacial score (nSPS) is 9.64. The molecule has 0 saturated carbocycles. The second-order valence-electron chi connectivity index (χ2n) is 2.49. The molecule has 0 radical (unpaired) electrons. The fourth-order valence-corrected chi connectivity index (χ4v) is 1.32. The highest BCUT2D eigenvalue weighted by molar-refractivity contribution is 6.37. The van der Waals surface area contributed by atoms with E-state index in [0.29, 0.717) is 5.69 Å². The Hall–Kier alpha value is -1.13. The maximum atomic E-state index is 10.9. The lowest BCUT2D eigenvalue weighted by atomic mass is 10.3. The predicted molar refractivity (Wildman–Crippen MR) is 56.2 cm³/mol. The Kier molecular flexibility index (Phi) is 3.43. The van der Waals surface area contributed by atoms with Crippen LogP contribution in [0, 0.1) is 0 Å². The van der Waals surface area contributed by atoms with Crippen LogP contribution in [0.3, 0.4) is 0 Å². The van der Waals surface area contributed by atoms with Crippen molar-refractivity contribution in [3.05, 3.63) is 22.2 Å². The van der Waals surface area contributed by atoms with Gasteiger partial charge >= 0.3 is 6.03 Å². The molecule has 0 fully saturated rings. The predicted octanol–water partition coefficient (Wildman–Crippen LogP) is 2.45. The summed E-state index contributed by atoms with van der Waals surface area (Å²) in [6.07, 6.45) is 0. The van der Waals surface area contributed by atoms with Crippen LogP contribution in [-0.4, -0.2) is 18.2 Å². The number of halogens is 2. The fraction of sp³-hybridized carbons (Fsp3) is 0.125. The van der Waals surface area contributed by atoms with E-state index in [0.717, 1.165) is 0 Å². The molecule has 1 rings (SSSR count). The third-order valence-electron chi connectivity index (χ3n) is 1.50. The summed E-state index contributed by atoms with van der Waals surface area (Å²) in [7, 11) is 1.49. The molecule has 0 saturated heterocycles. The number of phenolic OH excluding ortho intramolecular Hbond substituents is 1. The fourth-order valence-electron chi connectivity index (χ4n) is 0.831. The minimum Gasteiger partial charge on any atom is -0.505 e. The number of benzene rings is 1. The van der Waals surface area contributed by atoms with Crippen molar-refractivity contribution in [3.8, 4) is 5.75 Å². The average molecular weight is 235 g/mol. The maximum Gasteiger partial charge on any atom is 0.318 e. The van der Waals surface area contributed by atoms with E-state index in [1.165, 1.54) is 19.2 Å². The third kappa shape index (κ3) is 2.43. The highest BCUT2D eigenvalue weighted by atomic mass is 35.5. The van der Waals surface area contributed by atoms with Crippen LogP contribution in [0.4, 0.5) is 10.5 Å². The van der Waals surface area contributed by atoms with Crippen LogP contribution in [0.25, 0.3) is 0 Å². The lowest BCUT2D eigenvalue weighted by molar-refractivity contribution is 0.254. The molecule has 2 amide bonds. The van der Waals surface area contributed by atoms with Crippen molar-refractivity contribution in [3.63, 3.8) is 0 Å². The minimum absolute atomic E-state index is 0.0869. The summed E-state index contributed by atoms with van der Waals surface area (Å²) >= 11 is 11.3. The molecule has 6 heteroatoms. The zero-order chi connectivity index (χ0) is 10.7. The summed E-state index contributed by atoms with van der Waals surface area (Å²) in [6.45, 7) is 0. The van der Waals surface area contributed by atoms with Gasteiger partial charge in [0.05, 0.1) is 10.0 Å². The Bertz CT molecular complexity index is 345. The number of rotatable bonds is 1. The molecule has 3 N–H and O–H groups in total. The van der Waals surface area contributed by atoms with Crippen LogP contribution in [0.15, 0.2) is 12.1 Å². The quantitative estimate of drug-likeness (QED) is 0.654. The van der Waals surface area contributed by atoms with Gasteiger partial charge in [-0.05, 0) is 12.1 Å². The Labute approximate surface area is 90.8 Å². The Morgan fingerprint density at radius 1 is 1.36 bits per heavy atom. The second kappa shape index (κ2) is 4.39. The number of carbonyl (C=O) groups is 1. The van der Waals surface area contributed by atoms with Crippen molar-refractivity contribution in [1.29, 1.82) is 0 Å². The number of urea groups is 1. The molecule has 0 spiro atoms. The van der Waals surface area contributed by atoms with E-state index in [-0.39, 0.29) is 21.8 Å². The summed E-state index contributed by atoms with van der Waals surface area (Å²) in [5.74, 6) is -0.198. The van der Waals surface area contributed by atoms with Gasteiger partial charge in [-0.3, -0.25) is 0 Å². The molecular weight excluding hydrogens is 227 g/mol. The molecule has 0 aliphatic rings. The molecule has 14 heavy (non-hydrogen) atoms. The summed E-state index contributed by atoms with van der Waals surface area (Å²) in [6, 6.07) is 2.42. The van der Waals surface area contributed by atoms with Gasteiger partial charge in [0, 0.05) is 12.7 Å². The number of carbonyl (C=O) groups excluding carboxylic acids is 1. The number of amides is 2. The zero-order valence-corrected chi connectivity index (χ0v) is 8.78. The molecule has 4 nitrogen and oxygen atoms in total.